The van der Waals surface area contributed by atoms with Gasteiger partial charge in [-0.3, -0.25) is 20.2 Å². The Hall–Kier alpha value is -2.93. The highest BCUT2D eigenvalue weighted by Crippen LogP contribution is 2.41. The molecular weight excluding hydrogens is 460 g/mol. The van der Waals surface area contributed by atoms with Crippen LogP contribution in [0.5, 0.6) is 11.5 Å². The van der Waals surface area contributed by atoms with Gasteiger partial charge in [0.15, 0.2) is 16.7 Å². The zero-order valence-corrected chi connectivity index (χ0v) is 17.1. The van der Waals surface area contributed by atoms with Gasteiger partial charge in [0.05, 0.1) is 49.0 Å². The Morgan fingerprint density at radius 2 is 2.07 bits per heavy atom. The molecule has 1 aromatic rings. The number of ether oxygens (including phenoxy) is 3. The fourth-order valence-corrected chi connectivity index (χ4v) is 3.29. The molecule has 0 unspecified atom stereocenters. The second-order valence-electron chi connectivity index (χ2n) is 4.85. The third-order valence-electron chi connectivity index (χ3n) is 3.25. The van der Waals surface area contributed by atoms with Crippen LogP contribution in [0.3, 0.4) is 0 Å². The van der Waals surface area contributed by atoms with Gasteiger partial charge >= 0.3 is 5.97 Å². The molecule has 1 aliphatic heterocycles. The third-order valence-corrected chi connectivity index (χ3v) is 4.99. The van der Waals surface area contributed by atoms with E-state index in [1.807, 2.05) is 0 Å². The molecule has 0 aromatic heterocycles. The van der Waals surface area contributed by atoms with E-state index in [0.717, 1.165) is 17.8 Å². The smallest absolute Gasteiger partial charge is 0.331 e. The minimum atomic E-state index is -0.681. The van der Waals surface area contributed by atoms with Crippen molar-refractivity contribution in [1.29, 1.82) is 0 Å². The number of hydrogen-bond acceptors (Lipinski definition) is 10. The largest absolute Gasteiger partial charge is 0.493 e. The molecule has 1 aliphatic rings. The second-order valence-corrected chi connectivity index (χ2v) is 6.68. The van der Waals surface area contributed by atoms with Crippen molar-refractivity contribution in [2.45, 2.75) is 0 Å². The summed E-state index contributed by atoms with van der Waals surface area (Å²) in [5, 5.41) is 21.4. The molecule has 1 fully saturated rings. The number of methoxy groups -OCH3 is 3. The van der Waals surface area contributed by atoms with E-state index in [1.54, 1.807) is 0 Å². The summed E-state index contributed by atoms with van der Waals surface area (Å²) in [7, 11) is 3.90. The van der Waals surface area contributed by atoms with Gasteiger partial charge in [-0.2, -0.15) is 5.10 Å². The average molecular weight is 473 g/mol. The van der Waals surface area contributed by atoms with Crippen LogP contribution in [0.15, 0.2) is 31.7 Å². The van der Waals surface area contributed by atoms with Crippen LogP contribution < -0.4 is 14.8 Å². The SMILES string of the molecule is COC(=O)/C=C1/S/C(=N\N=Cc2c(Br)c([N+](=O)[O-])cc(OC)c2OC)NC1=O. The predicted octanol–water partition coefficient (Wildman–Crippen LogP) is 1.98. The number of amides is 1. The monoisotopic (exact) mass is 472 g/mol. The fraction of sp³-hybridized carbons (Fsp3) is 0.200. The minimum absolute atomic E-state index is 0.0941. The molecule has 0 aliphatic carbocycles. The Morgan fingerprint density at radius 3 is 2.64 bits per heavy atom. The maximum absolute atomic E-state index is 11.8. The van der Waals surface area contributed by atoms with Gasteiger partial charge in [-0.05, 0) is 27.7 Å². The first-order valence-corrected chi connectivity index (χ1v) is 8.92. The number of rotatable bonds is 6. The lowest BCUT2D eigenvalue weighted by Crippen LogP contribution is -2.19. The van der Waals surface area contributed by atoms with Gasteiger partial charge in [0, 0.05) is 6.08 Å². The van der Waals surface area contributed by atoms with Crippen molar-refractivity contribution in [3.63, 3.8) is 0 Å². The highest BCUT2D eigenvalue weighted by atomic mass is 79.9. The van der Waals surface area contributed by atoms with E-state index >= 15 is 0 Å². The summed E-state index contributed by atoms with van der Waals surface area (Å²) in [4.78, 5) is 33.7. The van der Waals surface area contributed by atoms with Gasteiger partial charge in [0.2, 0.25) is 0 Å². The van der Waals surface area contributed by atoms with E-state index in [4.69, 9.17) is 9.47 Å². The Kier molecular flexibility index (Phi) is 7.12. The van der Waals surface area contributed by atoms with Crippen LogP contribution in [-0.2, 0) is 14.3 Å². The van der Waals surface area contributed by atoms with Crippen molar-refractivity contribution >= 4 is 56.6 Å². The summed E-state index contributed by atoms with van der Waals surface area (Å²) in [6, 6.07) is 1.21. The number of carbonyl (C=O) groups is 2. The molecule has 148 valence electrons. The fourth-order valence-electron chi connectivity index (χ4n) is 2.01. The predicted molar refractivity (Wildman–Crippen MR) is 105 cm³/mol. The second kappa shape index (κ2) is 9.32. The zero-order valence-electron chi connectivity index (χ0n) is 14.7. The number of nitrogens with zero attached hydrogens (tertiary/aromatic N) is 3. The van der Waals surface area contributed by atoms with E-state index in [0.29, 0.717) is 0 Å². The molecule has 0 radical (unpaired) electrons. The van der Waals surface area contributed by atoms with Crippen molar-refractivity contribution in [2.24, 2.45) is 10.2 Å². The number of nitrogens with one attached hydrogen (secondary N) is 1. The summed E-state index contributed by atoms with van der Waals surface area (Å²) >= 11 is 4.04. The standard InChI is InChI=1S/C15H13BrN4O7S/c1-25-9-4-8(20(23)24)12(16)7(13(9)27-3)6-17-19-15-18-14(22)10(28-15)5-11(21)26-2/h4-6H,1-3H3,(H,18,19,22)/b10-5+,17-6?. The number of nitro groups is 1. The molecule has 0 bridgehead atoms. The zero-order chi connectivity index (χ0) is 20.8. The summed E-state index contributed by atoms with van der Waals surface area (Å²) in [5.41, 5.74) is -0.0313. The first kappa shape index (κ1) is 21.4. The quantitative estimate of drug-likeness (QED) is 0.217. The van der Waals surface area contributed by atoms with Crippen LogP contribution in [0.1, 0.15) is 5.56 Å². The molecule has 0 saturated carbocycles. The number of thioether (sulfide) groups is 1. The summed E-state index contributed by atoms with van der Waals surface area (Å²) < 4.78 is 14.9. The van der Waals surface area contributed by atoms with Crippen LogP contribution in [0.2, 0.25) is 0 Å². The van der Waals surface area contributed by atoms with Crippen molar-refractivity contribution in [2.75, 3.05) is 21.3 Å². The van der Waals surface area contributed by atoms with E-state index in [9.17, 15) is 19.7 Å². The highest BCUT2D eigenvalue weighted by molar-refractivity contribution is 9.10. The molecule has 0 spiro atoms. The lowest BCUT2D eigenvalue weighted by atomic mass is 10.1. The maximum Gasteiger partial charge on any atom is 0.331 e. The molecule has 11 nitrogen and oxygen atoms in total. The normalized spacial score (nSPS) is 16.5. The number of carbonyl (C=O) groups excluding carboxylic acids is 2. The first-order chi connectivity index (χ1) is 13.3. The number of amidine groups is 1. The maximum atomic E-state index is 11.8. The van der Waals surface area contributed by atoms with Gasteiger partial charge in [-0.15, -0.1) is 5.10 Å². The molecule has 0 atom stereocenters. The lowest BCUT2D eigenvalue weighted by molar-refractivity contribution is -0.385. The molecular formula is C15H13BrN4O7S. The van der Waals surface area contributed by atoms with Gasteiger partial charge in [-0.25, -0.2) is 4.79 Å². The van der Waals surface area contributed by atoms with Crippen molar-refractivity contribution in [3.05, 3.63) is 37.2 Å². The Balaban J connectivity index is 2.36. The Bertz CT molecular complexity index is 929. The molecule has 28 heavy (non-hydrogen) atoms. The van der Waals surface area contributed by atoms with Crippen molar-refractivity contribution in [3.8, 4) is 11.5 Å². The van der Waals surface area contributed by atoms with E-state index in [-0.39, 0.29) is 37.3 Å². The van der Waals surface area contributed by atoms with Crippen LogP contribution in [0, 0.1) is 10.1 Å². The Morgan fingerprint density at radius 1 is 1.36 bits per heavy atom. The molecule has 1 aromatic carbocycles. The summed E-state index contributed by atoms with van der Waals surface area (Å²) in [6.07, 6.45) is 2.23. The molecule has 1 heterocycles. The minimum Gasteiger partial charge on any atom is -0.493 e. The molecule has 1 N–H and O–H groups in total. The summed E-state index contributed by atoms with van der Waals surface area (Å²) in [6.45, 7) is 0. The van der Waals surface area contributed by atoms with Crippen LogP contribution in [0.25, 0.3) is 0 Å². The van der Waals surface area contributed by atoms with Gasteiger partial charge < -0.3 is 14.2 Å². The number of halogens is 1. The Labute approximate surface area is 171 Å². The van der Waals surface area contributed by atoms with E-state index in [2.05, 4.69) is 36.2 Å². The van der Waals surface area contributed by atoms with Gasteiger partial charge in [-0.1, -0.05) is 0 Å². The average Bonchev–Trinajstić information content (AvgIpc) is 3.01. The molecule has 13 heteroatoms. The van der Waals surface area contributed by atoms with E-state index in [1.165, 1.54) is 33.6 Å². The number of nitro benzene ring substituents is 1. The number of hydrogen-bond donors (Lipinski definition) is 1. The first-order valence-electron chi connectivity index (χ1n) is 7.31. The third kappa shape index (κ3) is 4.67. The van der Waals surface area contributed by atoms with Gasteiger partial charge in [0.1, 0.15) is 4.47 Å². The number of benzene rings is 1. The molecule has 1 amide bonds. The topological polar surface area (TPSA) is 142 Å². The van der Waals surface area contributed by atoms with Crippen molar-refractivity contribution in [1.82, 2.24) is 5.32 Å². The van der Waals surface area contributed by atoms with Gasteiger partial charge in [0.25, 0.3) is 11.6 Å². The lowest BCUT2D eigenvalue weighted by Gasteiger charge is -2.11. The van der Waals surface area contributed by atoms with Crippen molar-refractivity contribution < 1.29 is 28.7 Å². The molecule has 1 saturated heterocycles. The van der Waals surface area contributed by atoms with Crippen LogP contribution in [0.4, 0.5) is 5.69 Å². The summed E-state index contributed by atoms with van der Waals surface area (Å²) in [5.74, 6) is -0.864. The van der Waals surface area contributed by atoms with Crippen LogP contribution in [-0.4, -0.2) is 49.5 Å². The molecule has 2 rings (SSSR count). The van der Waals surface area contributed by atoms with E-state index < -0.39 is 16.8 Å². The number of esters is 1. The highest BCUT2D eigenvalue weighted by Gasteiger charge is 2.26. The van der Waals surface area contributed by atoms with Crippen LogP contribution >= 0.6 is 27.7 Å².